The van der Waals surface area contributed by atoms with Crippen molar-refractivity contribution in [3.63, 3.8) is 0 Å². The molecule has 8 heteroatoms. The van der Waals surface area contributed by atoms with E-state index in [1.54, 1.807) is 10.9 Å². The Morgan fingerprint density at radius 2 is 1.85 bits per heavy atom. The van der Waals surface area contributed by atoms with Crippen LogP contribution in [-0.2, 0) is 13.1 Å². The zero-order valence-corrected chi connectivity index (χ0v) is 15.7. The summed E-state index contributed by atoms with van der Waals surface area (Å²) in [5.41, 5.74) is 1.77. The molecule has 0 aliphatic rings. The van der Waals surface area contributed by atoms with Crippen molar-refractivity contribution in [3.05, 3.63) is 80.6 Å². The Morgan fingerprint density at radius 3 is 2.58 bits per heavy atom. The SMILES string of the molecule is O=C(NCc1cnn(Cc2ccccc2)c1)c1c(O)c(Cl)cc(Cl)c1Cl. The second-order valence-electron chi connectivity index (χ2n) is 5.59. The quantitative estimate of drug-likeness (QED) is 0.607. The van der Waals surface area contributed by atoms with Crippen molar-refractivity contribution in [2.24, 2.45) is 0 Å². The van der Waals surface area contributed by atoms with Crippen LogP contribution in [0.25, 0.3) is 0 Å². The lowest BCUT2D eigenvalue weighted by atomic mass is 10.1. The highest BCUT2D eigenvalue weighted by Crippen LogP contribution is 2.38. The number of rotatable bonds is 5. The fourth-order valence-corrected chi connectivity index (χ4v) is 3.11. The molecule has 0 unspecified atom stereocenters. The minimum absolute atomic E-state index is 0.0415. The summed E-state index contributed by atoms with van der Waals surface area (Å²) in [6.07, 6.45) is 3.50. The topological polar surface area (TPSA) is 67.2 Å². The molecular weight excluding hydrogens is 397 g/mol. The number of phenolic OH excluding ortho intramolecular Hbond substituents is 1. The van der Waals surface area contributed by atoms with Crippen molar-refractivity contribution in [1.29, 1.82) is 0 Å². The third-order valence-corrected chi connectivity index (χ3v) is 4.78. The lowest BCUT2D eigenvalue weighted by Gasteiger charge is -2.10. The number of benzene rings is 2. The number of halogens is 3. The van der Waals surface area contributed by atoms with Crippen LogP contribution in [0, 0.1) is 0 Å². The summed E-state index contributed by atoms with van der Waals surface area (Å²) in [4.78, 5) is 12.4. The fraction of sp³-hybridized carbons (Fsp3) is 0.111. The maximum Gasteiger partial charge on any atom is 0.256 e. The van der Waals surface area contributed by atoms with Crippen molar-refractivity contribution in [2.75, 3.05) is 0 Å². The molecule has 0 radical (unpaired) electrons. The number of hydrogen-bond donors (Lipinski definition) is 2. The molecule has 0 saturated heterocycles. The van der Waals surface area contributed by atoms with Gasteiger partial charge >= 0.3 is 0 Å². The molecule has 3 aromatic rings. The van der Waals surface area contributed by atoms with E-state index in [2.05, 4.69) is 10.4 Å². The van der Waals surface area contributed by atoms with E-state index in [1.807, 2.05) is 36.5 Å². The van der Waals surface area contributed by atoms with Crippen molar-refractivity contribution < 1.29 is 9.90 Å². The molecule has 5 nitrogen and oxygen atoms in total. The first-order valence-corrected chi connectivity index (χ1v) is 8.79. The first-order valence-electron chi connectivity index (χ1n) is 7.65. The predicted octanol–water partition coefficient (Wildman–Crippen LogP) is 4.53. The third-order valence-electron chi connectivity index (χ3n) is 3.70. The minimum Gasteiger partial charge on any atom is -0.505 e. The van der Waals surface area contributed by atoms with Crippen LogP contribution < -0.4 is 5.32 Å². The number of carbonyl (C=O) groups excluding carboxylic acids is 1. The standard InChI is InChI=1S/C18H14Cl3N3O2/c19-13-6-14(20)17(25)15(16(13)21)18(26)22-7-12-8-23-24(10-12)9-11-4-2-1-3-5-11/h1-6,8,10,25H,7,9H2,(H,22,26). The Labute approximate surface area is 165 Å². The minimum atomic E-state index is -0.576. The summed E-state index contributed by atoms with van der Waals surface area (Å²) in [5, 5.41) is 16.9. The highest BCUT2D eigenvalue weighted by Gasteiger charge is 2.21. The third kappa shape index (κ3) is 4.12. The molecule has 0 saturated carbocycles. The van der Waals surface area contributed by atoms with Crippen LogP contribution in [0.5, 0.6) is 5.75 Å². The van der Waals surface area contributed by atoms with Gasteiger partial charge in [0.05, 0.1) is 27.8 Å². The van der Waals surface area contributed by atoms with E-state index in [1.165, 1.54) is 6.07 Å². The van der Waals surface area contributed by atoms with Gasteiger partial charge in [0.2, 0.25) is 0 Å². The van der Waals surface area contributed by atoms with Gasteiger partial charge in [-0.05, 0) is 11.6 Å². The summed E-state index contributed by atoms with van der Waals surface area (Å²) >= 11 is 17.8. The van der Waals surface area contributed by atoms with Gasteiger partial charge in [0.1, 0.15) is 11.3 Å². The second kappa shape index (κ2) is 7.99. The summed E-state index contributed by atoms with van der Waals surface area (Å²) < 4.78 is 1.78. The summed E-state index contributed by atoms with van der Waals surface area (Å²) in [5.74, 6) is -0.981. The van der Waals surface area contributed by atoms with E-state index in [0.29, 0.717) is 6.54 Å². The molecular formula is C18H14Cl3N3O2. The molecule has 3 rings (SSSR count). The summed E-state index contributed by atoms with van der Waals surface area (Å²) in [6, 6.07) is 11.2. The van der Waals surface area contributed by atoms with Gasteiger partial charge in [0.15, 0.2) is 0 Å². The molecule has 2 N–H and O–H groups in total. The van der Waals surface area contributed by atoms with Gasteiger partial charge in [-0.25, -0.2) is 0 Å². The van der Waals surface area contributed by atoms with Gasteiger partial charge in [-0.1, -0.05) is 65.1 Å². The van der Waals surface area contributed by atoms with E-state index in [-0.39, 0.29) is 27.2 Å². The molecule has 0 atom stereocenters. The molecule has 26 heavy (non-hydrogen) atoms. The van der Waals surface area contributed by atoms with Crippen LogP contribution in [0.2, 0.25) is 15.1 Å². The Bertz CT molecular complexity index is 916. The van der Waals surface area contributed by atoms with Crippen molar-refractivity contribution in [3.8, 4) is 5.75 Å². The van der Waals surface area contributed by atoms with Gasteiger partial charge in [0, 0.05) is 18.3 Å². The van der Waals surface area contributed by atoms with E-state index in [0.717, 1.165) is 11.1 Å². The summed E-state index contributed by atoms with van der Waals surface area (Å²) in [6.45, 7) is 0.846. The van der Waals surface area contributed by atoms with E-state index < -0.39 is 11.7 Å². The van der Waals surface area contributed by atoms with E-state index in [9.17, 15) is 9.90 Å². The van der Waals surface area contributed by atoms with Gasteiger partial charge in [-0.2, -0.15) is 5.10 Å². The normalized spacial score (nSPS) is 10.7. The largest absolute Gasteiger partial charge is 0.505 e. The highest BCUT2D eigenvalue weighted by atomic mass is 35.5. The van der Waals surface area contributed by atoms with Crippen molar-refractivity contribution in [1.82, 2.24) is 15.1 Å². The van der Waals surface area contributed by atoms with Crippen LogP contribution in [-0.4, -0.2) is 20.8 Å². The Morgan fingerprint density at radius 1 is 1.12 bits per heavy atom. The molecule has 1 aromatic heterocycles. The number of phenols is 1. The zero-order valence-electron chi connectivity index (χ0n) is 13.4. The van der Waals surface area contributed by atoms with Gasteiger partial charge < -0.3 is 10.4 Å². The Balaban J connectivity index is 1.68. The maximum absolute atomic E-state index is 12.4. The summed E-state index contributed by atoms with van der Waals surface area (Å²) in [7, 11) is 0. The molecule has 1 amide bonds. The highest BCUT2D eigenvalue weighted by molar-refractivity contribution is 6.45. The number of nitrogens with one attached hydrogen (secondary N) is 1. The number of aromatic hydroxyl groups is 1. The average molecular weight is 411 g/mol. The first-order chi connectivity index (χ1) is 12.5. The number of hydrogen-bond acceptors (Lipinski definition) is 3. The molecule has 0 bridgehead atoms. The molecule has 0 fully saturated rings. The van der Waals surface area contributed by atoms with Gasteiger partial charge in [-0.3, -0.25) is 9.48 Å². The molecule has 1 heterocycles. The van der Waals surface area contributed by atoms with Crippen LogP contribution >= 0.6 is 34.8 Å². The monoisotopic (exact) mass is 409 g/mol. The molecule has 0 aliphatic carbocycles. The van der Waals surface area contributed by atoms with Gasteiger partial charge in [0.25, 0.3) is 5.91 Å². The second-order valence-corrected chi connectivity index (χ2v) is 6.78. The molecule has 134 valence electrons. The number of aromatic nitrogens is 2. The molecule has 2 aromatic carbocycles. The van der Waals surface area contributed by atoms with Crippen molar-refractivity contribution >= 4 is 40.7 Å². The molecule has 0 aliphatic heterocycles. The number of carbonyl (C=O) groups is 1. The van der Waals surface area contributed by atoms with Crippen LogP contribution in [0.1, 0.15) is 21.5 Å². The lowest BCUT2D eigenvalue weighted by Crippen LogP contribution is -2.23. The Kier molecular flexibility index (Phi) is 5.71. The van der Waals surface area contributed by atoms with Crippen LogP contribution in [0.3, 0.4) is 0 Å². The average Bonchev–Trinajstić information content (AvgIpc) is 3.07. The van der Waals surface area contributed by atoms with Crippen molar-refractivity contribution in [2.45, 2.75) is 13.1 Å². The van der Waals surface area contributed by atoms with Crippen LogP contribution in [0.15, 0.2) is 48.8 Å². The smallest absolute Gasteiger partial charge is 0.256 e. The number of nitrogens with zero attached hydrogens (tertiary/aromatic N) is 2. The zero-order chi connectivity index (χ0) is 18.7. The lowest BCUT2D eigenvalue weighted by molar-refractivity contribution is 0.0948. The Hall–Kier alpha value is -2.21. The number of amides is 1. The fourth-order valence-electron chi connectivity index (χ4n) is 2.42. The maximum atomic E-state index is 12.4. The van der Waals surface area contributed by atoms with Gasteiger partial charge in [-0.15, -0.1) is 0 Å². The first kappa shape index (κ1) is 18.6. The van der Waals surface area contributed by atoms with Crippen LogP contribution in [0.4, 0.5) is 0 Å². The molecule has 0 spiro atoms. The van der Waals surface area contributed by atoms with E-state index in [4.69, 9.17) is 34.8 Å². The van der Waals surface area contributed by atoms with E-state index >= 15 is 0 Å². The predicted molar refractivity (Wildman–Crippen MR) is 102 cm³/mol.